The van der Waals surface area contributed by atoms with Gasteiger partial charge in [-0.05, 0) is 50.6 Å². The standard InChI is InChI=1S/C27H33N5O2/c1-20-16-23(25(33)31(3)4)30-26(29-20)27(2)13-9-15-32(19-27)17-21-10-5-6-12-24(21)34-18-22-11-7-8-14-28-22/h5-8,10-12,14,16H,9,13,15,17-19H2,1-4H3/t27-/m1/s1. The molecular formula is C27H33N5O2. The van der Waals surface area contributed by atoms with Crippen LogP contribution in [-0.4, -0.2) is 57.8 Å². The molecule has 34 heavy (non-hydrogen) atoms. The molecule has 1 aliphatic heterocycles. The first-order valence-electron chi connectivity index (χ1n) is 11.7. The van der Waals surface area contributed by atoms with E-state index in [2.05, 4.69) is 28.9 Å². The maximum atomic E-state index is 12.5. The number of rotatable bonds is 7. The number of hydrogen-bond acceptors (Lipinski definition) is 6. The number of piperidine rings is 1. The monoisotopic (exact) mass is 459 g/mol. The van der Waals surface area contributed by atoms with Crippen molar-refractivity contribution in [2.24, 2.45) is 0 Å². The third-order valence-corrected chi connectivity index (χ3v) is 6.26. The van der Waals surface area contributed by atoms with E-state index in [0.29, 0.717) is 12.3 Å². The van der Waals surface area contributed by atoms with Crippen LogP contribution in [0.4, 0.5) is 0 Å². The predicted molar refractivity (Wildman–Crippen MR) is 132 cm³/mol. The fraction of sp³-hybridized carbons (Fsp3) is 0.407. The summed E-state index contributed by atoms with van der Waals surface area (Å²) in [6, 6.07) is 15.8. The molecule has 3 heterocycles. The van der Waals surface area contributed by atoms with Gasteiger partial charge in [-0.2, -0.15) is 0 Å². The summed E-state index contributed by atoms with van der Waals surface area (Å²) in [5, 5.41) is 0. The molecule has 0 spiro atoms. The van der Waals surface area contributed by atoms with E-state index in [0.717, 1.165) is 61.0 Å². The van der Waals surface area contributed by atoms with Gasteiger partial charge in [0.05, 0.1) is 5.69 Å². The zero-order valence-corrected chi connectivity index (χ0v) is 20.5. The van der Waals surface area contributed by atoms with E-state index in [9.17, 15) is 4.79 Å². The van der Waals surface area contributed by atoms with Crippen LogP contribution in [0.2, 0.25) is 0 Å². The predicted octanol–water partition coefficient (Wildman–Crippen LogP) is 4.01. The van der Waals surface area contributed by atoms with Crippen molar-refractivity contribution in [1.82, 2.24) is 24.8 Å². The van der Waals surface area contributed by atoms with Crippen LogP contribution >= 0.6 is 0 Å². The van der Waals surface area contributed by atoms with Crippen molar-refractivity contribution in [3.8, 4) is 5.75 Å². The molecule has 0 unspecified atom stereocenters. The highest BCUT2D eigenvalue weighted by atomic mass is 16.5. The molecule has 4 rings (SSSR count). The van der Waals surface area contributed by atoms with Gasteiger partial charge in [0.15, 0.2) is 0 Å². The Labute approximate surface area is 201 Å². The molecule has 0 aliphatic carbocycles. The van der Waals surface area contributed by atoms with E-state index in [4.69, 9.17) is 14.7 Å². The van der Waals surface area contributed by atoms with Crippen molar-refractivity contribution in [3.63, 3.8) is 0 Å². The minimum absolute atomic E-state index is 0.0954. The number of ether oxygens (including phenoxy) is 1. The number of benzene rings is 1. The van der Waals surface area contributed by atoms with Crippen molar-refractivity contribution >= 4 is 5.91 Å². The zero-order valence-electron chi connectivity index (χ0n) is 20.5. The molecule has 0 saturated carbocycles. The number of pyridine rings is 1. The number of carbonyl (C=O) groups is 1. The first kappa shape index (κ1) is 23.8. The van der Waals surface area contributed by atoms with E-state index in [1.807, 2.05) is 37.3 Å². The molecule has 178 valence electrons. The molecule has 7 nitrogen and oxygen atoms in total. The summed E-state index contributed by atoms with van der Waals surface area (Å²) >= 11 is 0. The molecule has 7 heteroatoms. The molecule has 0 bridgehead atoms. The molecule has 1 atom stereocenters. The molecule has 1 fully saturated rings. The highest BCUT2D eigenvalue weighted by molar-refractivity contribution is 5.92. The van der Waals surface area contributed by atoms with Crippen LogP contribution in [0.3, 0.4) is 0 Å². The average Bonchev–Trinajstić information content (AvgIpc) is 2.83. The van der Waals surface area contributed by atoms with Gasteiger partial charge < -0.3 is 9.64 Å². The van der Waals surface area contributed by atoms with E-state index in [-0.39, 0.29) is 11.3 Å². The molecule has 1 amide bonds. The van der Waals surface area contributed by atoms with E-state index in [1.165, 1.54) is 0 Å². The minimum Gasteiger partial charge on any atom is -0.487 e. The first-order valence-corrected chi connectivity index (χ1v) is 11.7. The van der Waals surface area contributed by atoms with Gasteiger partial charge in [0.2, 0.25) is 0 Å². The Morgan fingerprint density at radius 2 is 1.94 bits per heavy atom. The lowest BCUT2D eigenvalue weighted by Crippen LogP contribution is -2.45. The van der Waals surface area contributed by atoms with Crippen molar-refractivity contribution in [2.75, 3.05) is 27.2 Å². The Kier molecular flexibility index (Phi) is 7.22. The van der Waals surface area contributed by atoms with Gasteiger partial charge in [-0.15, -0.1) is 0 Å². The van der Waals surface area contributed by atoms with Gasteiger partial charge in [-0.3, -0.25) is 14.7 Å². The second-order valence-corrected chi connectivity index (χ2v) is 9.51. The number of carbonyl (C=O) groups excluding carboxylic acids is 1. The molecule has 1 aromatic carbocycles. The summed E-state index contributed by atoms with van der Waals surface area (Å²) in [5.41, 5.74) is 3.11. The molecule has 1 aliphatic rings. The maximum Gasteiger partial charge on any atom is 0.272 e. The Morgan fingerprint density at radius 1 is 1.15 bits per heavy atom. The summed E-state index contributed by atoms with van der Waals surface area (Å²) in [4.78, 5) is 30.4. The van der Waals surface area contributed by atoms with E-state index >= 15 is 0 Å². The highest BCUT2D eigenvalue weighted by Gasteiger charge is 2.36. The third kappa shape index (κ3) is 5.59. The summed E-state index contributed by atoms with van der Waals surface area (Å²) < 4.78 is 6.13. The van der Waals surface area contributed by atoms with Crippen molar-refractivity contribution in [3.05, 3.63) is 83.2 Å². The third-order valence-electron chi connectivity index (χ3n) is 6.26. The average molecular weight is 460 g/mol. The number of nitrogens with zero attached hydrogens (tertiary/aromatic N) is 5. The van der Waals surface area contributed by atoms with Crippen LogP contribution in [0.5, 0.6) is 5.75 Å². The van der Waals surface area contributed by atoms with Crippen LogP contribution < -0.4 is 4.74 Å². The topological polar surface area (TPSA) is 71.5 Å². The second-order valence-electron chi connectivity index (χ2n) is 9.51. The lowest BCUT2D eigenvalue weighted by molar-refractivity contribution is 0.0820. The molecule has 1 saturated heterocycles. The number of likely N-dealkylation sites (tertiary alicyclic amines) is 1. The van der Waals surface area contributed by atoms with Gasteiger partial charge in [0.1, 0.15) is 23.9 Å². The number of para-hydroxylation sites is 1. The van der Waals surface area contributed by atoms with Crippen LogP contribution in [0, 0.1) is 6.92 Å². The fourth-order valence-electron chi connectivity index (χ4n) is 4.49. The van der Waals surface area contributed by atoms with Gasteiger partial charge in [-0.25, -0.2) is 9.97 Å². The molecule has 0 radical (unpaired) electrons. The van der Waals surface area contributed by atoms with Crippen molar-refractivity contribution in [1.29, 1.82) is 0 Å². The van der Waals surface area contributed by atoms with Crippen LogP contribution in [0.1, 0.15) is 53.0 Å². The Morgan fingerprint density at radius 3 is 2.71 bits per heavy atom. The minimum atomic E-state index is -0.227. The van der Waals surface area contributed by atoms with Crippen LogP contribution in [0.25, 0.3) is 0 Å². The fourth-order valence-corrected chi connectivity index (χ4v) is 4.49. The van der Waals surface area contributed by atoms with Gasteiger partial charge in [0.25, 0.3) is 5.91 Å². The lowest BCUT2D eigenvalue weighted by Gasteiger charge is -2.39. The normalized spacial score (nSPS) is 18.5. The largest absolute Gasteiger partial charge is 0.487 e. The van der Waals surface area contributed by atoms with Crippen molar-refractivity contribution in [2.45, 2.75) is 45.3 Å². The number of hydrogen-bond donors (Lipinski definition) is 0. The van der Waals surface area contributed by atoms with Crippen molar-refractivity contribution < 1.29 is 9.53 Å². The lowest BCUT2D eigenvalue weighted by atomic mass is 9.80. The zero-order chi connectivity index (χ0) is 24.1. The summed E-state index contributed by atoms with van der Waals surface area (Å²) in [6.07, 6.45) is 3.81. The number of aryl methyl sites for hydroxylation is 1. The molecule has 3 aromatic rings. The van der Waals surface area contributed by atoms with Gasteiger partial charge >= 0.3 is 0 Å². The summed E-state index contributed by atoms with van der Waals surface area (Å²) in [7, 11) is 3.49. The summed E-state index contributed by atoms with van der Waals surface area (Å²) in [5.74, 6) is 1.54. The van der Waals surface area contributed by atoms with Crippen LogP contribution in [0.15, 0.2) is 54.7 Å². The number of amides is 1. The summed E-state index contributed by atoms with van der Waals surface area (Å²) in [6.45, 7) is 7.18. The Bertz CT molecular complexity index is 1130. The van der Waals surface area contributed by atoms with Gasteiger partial charge in [0, 0.05) is 50.1 Å². The Balaban J connectivity index is 1.50. The second kappa shape index (κ2) is 10.3. The smallest absolute Gasteiger partial charge is 0.272 e. The first-order chi connectivity index (χ1) is 16.3. The highest BCUT2D eigenvalue weighted by Crippen LogP contribution is 2.33. The van der Waals surface area contributed by atoms with Crippen LogP contribution in [-0.2, 0) is 18.6 Å². The van der Waals surface area contributed by atoms with E-state index in [1.54, 1.807) is 31.3 Å². The van der Waals surface area contributed by atoms with E-state index < -0.39 is 0 Å². The molecule has 0 N–H and O–H groups in total. The molecular weight excluding hydrogens is 426 g/mol. The SMILES string of the molecule is Cc1cc(C(=O)N(C)C)nc([C@]2(C)CCCN(Cc3ccccc3OCc3ccccn3)C2)n1. The maximum absolute atomic E-state index is 12.5. The quantitative estimate of drug-likeness (QED) is 0.532. The Hall–Kier alpha value is -3.32. The molecule has 2 aromatic heterocycles. The number of aromatic nitrogens is 3. The van der Waals surface area contributed by atoms with Gasteiger partial charge in [-0.1, -0.05) is 31.2 Å².